The van der Waals surface area contributed by atoms with Gasteiger partial charge in [0.1, 0.15) is 0 Å². The average Bonchev–Trinajstić information content (AvgIpc) is 2.41. The number of hydrogen-bond donors (Lipinski definition) is 0. The first-order chi connectivity index (χ1) is 7.13. The maximum absolute atomic E-state index is 4.16. The van der Waals surface area contributed by atoms with Gasteiger partial charge in [-0.25, -0.2) is 0 Å². The monoisotopic (exact) mass is 207 g/mol. The summed E-state index contributed by atoms with van der Waals surface area (Å²) in [6.45, 7) is 14.9. The quantitative estimate of drug-likeness (QED) is 0.630. The SMILES string of the molecule is C=C(C)CC1CCCCN(C(=C)CC)C1. The Hall–Kier alpha value is -0.720. The average molecular weight is 207 g/mol. The van der Waals surface area contributed by atoms with Crippen molar-refractivity contribution in [2.45, 2.75) is 46.0 Å². The highest BCUT2D eigenvalue weighted by Gasteiger charge is 2.18. The van der Waals surface area contributed by atoms with Crippen LogP contribution in [0.1, 0.15) is 46.0 Å². The summed E-state index contributed by atoms with van der Waals surface area (Å²) in [6.07, 6.45) is 6.32. The lowest BCUT2D eigenvalue weighted by Gasteiger charge is -2.27. The zero-order chi connectivity index (χ0) is 11.3. The Bertz CT molecular complexity index is 229. The van der Waals surface area contributed by atoms with Crippen LogP contribution in [-0.4, -0.2) is 18.0 Å². The fraction of sp³-hybridized carbons (Fsp3) is 0.714. The Morgan fingerprint density at radius 1 is 1.33 bits per heavy atom. The highest BCUT2D eigenvalue weighted by Crippen LogP contribution is 2.24. The normalized spacial score (nSPS) is 22.3. The molecule has 0 radical (unpaired) electrons. The number of hydrogen-bond acceptors (Lipinski definition) is 1. The highest BCUT2D eigenvalue weighted by atomic mass is 15.1. The van der Waals surface area contributed by atoms with E-state index in [0.29, 0.717) is 0 Å². The second kappa shape index (κ2) is 5.99. The number of nitrogens with zero attached hydrogens (tertiary/aromatic N) is 1. The minimum absolute atomic E-state index is 0.799. The van der Waals surface area contributed by atoms with Crippen LogP contribution in [0.4, 0.5) is 0 Å². The van der Waals surface area contributed by atoms with Gasteiger partial charge in [-0.15, -0.1) is 6.58 Å². The van der Waals surface area contributed by atoms with E-state index in [2.05, 4.69) is 31.9 Å². The summed E-state index contributed by atoms with van der Waals surface area (Å²) in [7, 11) is 0. The van der Waals surface area contributed by atoms with E-state index >= 15 is 0 Å². The Balaban J connectivity index is 2.52. The molecule has 1 aliphatic heterocycles. The van der Waals surface area contributed by atoms with Gasteiger partial charge in [-0.3, -0.25) is 0 Å². The Morgan fingerprint density at radius 3 is 2.67 bits per heavy atom. The zero-order valence-electron chi connectivity index (χ0n) is 10.4. The molecule has 0 aromatic heterocycles. The third-order valence-corrected chi connectivity index (χ3v) is 3.26. The van der Waals surface area contributed by atoms with E-state index in [1.165, 1.54) is 50.0 Å². The van der Waals surface area contributed by atoms with Gasteiger partial charge in [-0.05, 0) is 38.5 Å². The van der Waals surface area contributed by atoms with E-state index in [9.17, 15) is 0 Å². The van der Waals surface area contributed by atoms with Crippen molar-refractivity contribution in [3.05, 3.63) is 24.4 Å². The Labute approximate surface area is 94.9 Å². The number of likely N-dealkylation sites (tertiary alicyclic amines) is 1. The van der Waals surface area contributed by atoms with Crippen molar-refractivity contribution >= 4 is 0 Å². The summed E-state index contributed by atoms with van der Waals surface area (Å²) in [6, 6.07) is 0. The van der Waals surface area contributed by atoms with Gasteiger partial charge in [-0.2, -0.15) is 0 Å². The van der Waals surface area contributed by atoms with Crippen LogP contribution in [0.15, 0.2) is 24.4 Å². The Morgan fingerprint density at radius 2 is 2.07 bits per heavy atom. The maximum atomic E-state index is 4.16. The first kappa shape index (κ1) is 12.4. The van der Waals surface area contributed by atoms with Crippen molar-refractivity contribution in [3.8, 4) is 0 Å². The molecule has 0 aliphatic carbocycles. The first-order valence-electron chi connectivity index (χ1n) is 6.20. The summed E-state index contributed by atoms with van der Waals surface area (Å²) in [4.78, 5) is 2.49. The molecular weight excluding hydrogens is 182 g/mol. The van der Waals surface area contributed by atoms with Crippen LogP contribution in [0, 0.1) is 5.92 Å². The van der Waals surface area contributed by atoms with Crippen molar-refractivity contribution in [1.82, 2.24) is 4.90 Å². The van der Waals surface area contributed by atoms with E-state index in [1.807, 2.05) is 0 Å². The minimum atomic E-state index is 0.799. The maximum Gasteiger partial charge on any atom is 0.0206 e. The van der Waals surface area contributed by atoms with Crippen molar-refractivity contribution in [3.63, 3.8) is 0 Å². The fourth-order valence-electron chi connectivity index (χ4n) is 2.40. The molecule has 1 heterocycles. The molecule has 1 rings (SSSR count). The van der Waals surface area contributed by atoms with Gasteiger partial charge in [-0.1, -0.05) is 25.5 Å². The minimum Gasteiger partial charge on any atom is -0.375 e. The van der Waals surface area contributed by atoms with Gasteiger partial charge in [0, 0.05) is 18.8 Å². The summed E-state index contributed by atoms with van der Waals surface area (Å²) in [5.41, 5.74) is 2.63. The molecule has 15 heavy (non-hydrogen) atoms. The molecule has 0 spiro atoms. The molecular formula is C14H25N. The molecule has 0 bridgehead atoms. The van der Waals surface area contributed by atoms with Gasteiger partial charge in [0.05, 0.1) is 0 Å². The summed E-state index contributed by atoms with van der Waals surface area (Å²) < 4.78 is 0. The predicted octanol–water partition coefficient (Wildman–Crippen LogP) is 3.98. The van der Waals surface area contributed by atoms with E-state index in [1.54, 1.807) is 0 Å². The highest BCUT2D eigenvalue weighted by molar-refractivity contribution is 4.97. The summed E-state index contributed by atoms with van der Waals surface area (Å²) >= 11 is 0. The molecule has 0 aromatic rings. The predicted molar refractivity (Wildman–Crippen MR) is 67.8 cm³/mol. The van der Waals surface area contributed by atoms with Crippen LogP contribution in [0.5, 0.6) is 0 Å². The standard InChI is InChI=1S/C14H25N/c1-5-13(4)15-9-7-6-8-14(11-15)10-12(2)3/h14H,2,4-11H2,1,3H3. The first-order valence-corrected chi connectivity index (χ1v) is 6.20. The molecule has 0 saturated carbocycles. The number of allylic oxidation sites excluding steroid dienone is 2. The van der Waals surface area contributed by atoms with Crippen LogP contribution >= 0.6 is 0 Å². The Kier molecular flexibility index (Phi) is 4.93. The van der Waals surface area contributed by atoms with E-state index in [4.69, 9.17) is 0 Å². The lowest BCUT2D eigenvalue weighted by Crippen LogP contribution is -2.27. The molecule has 1 atom stereocenters. The van der Waals surface area contributed by atoms with Crippen LogP contribution in [-0.2, 0) is 0 Å². The summed E-state index contributed by atoms with van der Waals surface area (Å²) in [5, 5.41) is 0. The third kappa shape index (κ3) is 4.11. The molecule has 1 fully saturated rings. The van der Waals surface area contributed by atoms with E-state index < -0.39 is 0 Å². The van der Waals surface area contributed by atoms with Gasteiger partial charge in [0.15, 0.2) is 0 Å². The van der Waals surface area contributed by atoms with Gasteiger partial charge >= 0.3 is 0 Å². The lowest BCUT2D eigenvalue weighted by molar-refractivity contribution is 0.300. The van der Waals surface area contributed by atoms with Gasteiger partial charge < -0.3 is 4.90 Å². The molecule has 86 valence electrons. The molecule has 0 N–H and O–H groups in total. The van der Waals surface area contributed by atoms with Gasteiger partial charge in [0.25, 0.3) is 0 Å². The molecule has 1 heteroatoms. The largest absolute Gasteiger partial charge is 0.375 e. The molecule has 1 unspecified atom stereocenters. The second-order valence-corrected chi connectivity index (χ2v) is 4.89. The second-order valence-electron chi connectivity index (χ2n) is 4.89. The third-order valence-electron chi connectivity index (χ3n) is 3.26. The van der Waals surface area contributed by atoms with Crippen LogP contribution in [0.3, 0.4) is 0 Å². The summed E-state index contributed by atoms with van der Waals surface area (Å²) in [5.74, 6) is 0.799. The number of rotatable bonds is 4. The molecule has 1 nitrogen and oxygen atoms in total. The molecule has 0 aromatic carbocycles. The molecule has 1 aliphatic rings. The van der Waals surface area contributed by atoms with Crippen molar-refractivity contribution in [2.75, 3.05) is 13.1 Å². The van der Waals surface area contributed by atoms with E-state index in [-0.39, 0.29) is 0 Å². The lowest BCUT2D eigenvalue weighted by atomic mass is 9.96. The smallest absolute Gasteiger partial charge is 0.0206 e. The van der Waals surface area contributed by atoms with Crippen LogP contribution < -0.4 is 0 Å². The zero-order valence-corrected chi connectivity index (χ0v) is 10.4. The fourth-order valence-corrected chi connectivity index (χ4v) is 2.40. The molecule has 0 amide bonds. The van der Waals surface area contributed by atoms with E-state index in [0.717, 1.165) is 12.3 Å². The van der Waals surface area contributed by atoms with Crippen molar-refractivity contribution in [1.29, 1.82) is 0 Å². The molecule has 1 saturated heterocycles. The van der Waals surface area contributed by atoms with Crippen LogP contribution in [0.2, 0.25) is 0 Å². The van der Waals surface area contributed by atoms with Crippen LogP contribution in [0.25, 0.3) is 0 Å². The topological polar surface area (TPSA) is 3.24 Å². The van der Waals surface area contributed by atoms with Gasteiger partial charge in [0.2, 0.25) is 0 Å². The van der Waals surface area contributed by atoms with Crippen molar-refractivity contribution in [2.24, 2.45) is 5.92 Å². The van der Waals surface area contributed by atoms with Crippen molar-refractivity contribution < 1.29 is 0 Å².